The highest BCUT2D eigenvalue weighted by molar-refractivity contribution is 5.40. The lowest BCUT2D eigenvalue weighted by molar-refractivity contribution is 0.0868. The average Bonchev–Trinajstić information content (AvgIpc) is 2.64. The van der Waals surface area contributed by atoms with E-state index in [4.69, 9.17) is 0 Å². The van der Waals surface area contributed by atoms with Crippen molar-refractivity contribution in [3.63, 3.8) is 0 Å². The van der Waals surface area contributed by atoms with E-state index in [0.717, 1.165) is 12.3 Å². The summed E-state index contributed by atoms with van der Waals surface area (Å²) in [5, 5.41) is 10.1. The summed E-state index contributed by atoms with van der Waals surface area (Å²) in [6.07, 6.45) is 10.5. The average molecular weight is 176 g/mol. The molecule has 3 rings (SSSR count). The fourth-order valence-electron chi connectivity index (χ4n) is 3.31. The summed E-state index contributed by atoms with van der Waals surface area (Å²) in [6, 6.07) is 0. The second-order valence-electron chi connectivity index (χ2n) is 4.66. The molecule has 3 unspecified atom stereocenters. The van der Waals surface area contributed by atoms with E-state index < -0.39 is 0 Å². The van der Waals surface area contributed by atoms with E-state index in [-0.39, 0.29) is 6.10 Å². The lowest BCUT2D eigenvalue weighted by Gasteiger charge is -2.39. The second kappa shape index (κ2) is 2.71. The zero-order valence-electron chi connectivity index (χ0n) is 7.87. The molecule has 13 heavy (non-hydrogen) atoms. The molecule has 0 saturated heterocycles. The van der Waals surface area contributed by atoms with Crippen LogP contribution in [0.1, 0.15) is 32.1 Å². The van der Waals surface area contributed by atoms with Gasteiger partial charge in [0.2, 0.25) is 0 Å². The molecule has 0 aromatic carbocycles. The van der Waals surface area contributed by atoms with E-state index in [0.29, 0.717) is 5.92 Å². The maximum absolute atomic E-state index is 10.1. The van der Waals surface area contributed by atoms with Crippen molar-refractivity contribution in [2.24, 2.45) is 11.8 Å². The Hall–Kier alpha value is -0.560. The number of fused-ring (bicyclic) bond motifs is 3. The van der Waals surface area contributed by atoms with Crippen molar-refractivity contribution in [3.05, 3.63) is 23.3 Å². The van der Waals surface area contributed by atoms with Crippen molar-refractivity contribution in [1.29, 1.82) is 0 Å². The van der Waals surface area contributed by atoms with Crippen LogP contribution in [0.5, 0.6) is 0 Å². The van der Waals surface area contributed by atoms with Gasteiger partial charge in [0.25, 0.3) is 0 Å². The summed E-state index contributed by atoms with van der Waals surface area (Å²) in [6.45, 7) is 0. The number of allylic oxidation sites excluding steroid dienone is 3. The van der Waals surface area contributed by atoms with Gasteiger partial charge in [0.05, 0.1) is 6.10 Å². The highest BCUT2D eigenvalue weighted by Crippen LogP contribution is 2.46. The molecule has 0 heterocycles. The SMILES string of the molecule is OC1C2=C(C=CC2)C2CCCC1C2. The van der Waals surface area contributed by atoms with E-state index >= 15 is 0 Å². The van der Waals surface area contributed by atoms with Gasteiger partial charge >= 0.3 is 0 Å². The van der Waals surface area contributed by atoms with Crippen LogP contribution in [0.25, 0.3) is 0 Å². The third kappa shape index (κ3) is 1.03. The van der Waals surface area contributed by atoms with Crippen molar-refractivity contribution in [2.75, 3.05) is 0 Å². The number of aliphatic hydroxyl groups excluding tert-OH is 1. The van der Waals surface area contributed by atoms with Crippen molar-refractivity contribution < 1.29 is 5.11 Å². The van der Waals surface area contributed by atoms with Crippen LogP contribution < -0.4 is 0 Å². The van der Waals surface area contributed by atoms with Gasteiger partial charge in [-0.15, -0.1) is 0 Å². The molecule has 2 bridgehead atoms. The first-order chi connectivity index (χ1) is 6.36. The Morgan fingerprint density at radius 2 is 2.23 bits per heavy atom. The van der Waals surface area contributed by atoms with Gasteiger partial charge in [-0.05, 0) is 48.7 Å². The largest absolute Gasteiger partial charge is 0.388 e. The van der Waals surface area contributed by atoms with Gasteiger partial charge in [-0.2, -0.15) is 0 Å². The normalized spacial score (nSPS) is 42.4. The van der Waals surface area contributed by atoms with Gasteiger partial charge < -0.3 is 5.11 Å². The summed E-state index contributed by atoms with van der Waals surface area (Å²) in [7, 11) is 0. The molecule has 1 nitrogen and oxygen atoms in total. The summed E-state index contributed by atoms with van der Waals surface area (Å²) >= 11 is 0. The third-order valence-corrected chi connectivity index (χ3v) is 3.96. The van der Waals surface area contributed by atoms with E-state index in [9.17, 15) is 5.11 Å². The maximum atomic E-state index is 10.1. The Bertz CT molecular complexity index is 287. The Balaban J connectivity index is 2.02. The second-order valence-corrected chi connectivity index (χ2v) is 4.66. The molecule has 0 amide bonds. The number of hydrogen-bond donors (Lipinski definition) is 1. The standard InChI is InChI=1S/C12H16O/c13-12-9-4-1-3-8(7-9)10-5-2-6-11(10)12/h2,5,8-9,12-13H,1,3-4,6-7H2. The molecule has 0 spiro atoms. The van der Waals surface area contributed by atoms with Gasteiger partial charge in [-0.1, -0.05) is 18.6 Å². The topological polar surface area (TPSA) is 20.2 Å². The summed E-state index contributed by atoms with van der Waals surface area (Å²) < 4.78 is 0. The summed E-state index contributed by atoms with van der Waals surface area (Å²) in [4.78, 5) is 0. The molecule has 0 aromatic heterocycles. The Morgan fingerprint density at radius 3 is 3.15 bits per heavy atom. The van der Waals surface area contributed by atoms with Crippen LogP contribution in [0.2, 0.25) is 0 Å². The minimum absolute atomic E-state index is 0.110. The van der Waals surface area contributed by atoms with Gasteiger partial charge in [0.1, 0.15) is 0 Å². The Morgan fingerprint density at radius 1 is 1.31 bits per heavy atom. The fraction of sp³-hybridized carbons (Fsp3) is 0.667. The lowest BCUT2D eigenvalue weighted by Crippen LogP contribution is -2.33. The molecule has 1 fully saturated rings. The van der Waals surface area contributed by atoms with Gasteiger partial charge in [0, 0.05) is 0 Å². The van der Waals surface area contributed by atoms with E-state index in [2.05, 4.69) is 12.2 Å². The summed E-state index contributed by atoms with van der Waals surface area (Å²) in [5.74, 6) is 1.37. The zero-order chi connectivity index (χ0) is 8.84. The molecule has 1 heteroatoms. The molecule has 0 radical (unpaired) electrons. The number of aliphatic hydroxyl groups is 1. The van der Waals surface area contributed by atoms with Crippen LogP contribution in [0, 0.1) is 11.8 Å². The molecule has 0 aliphatic heterocycles. The lowest BCUT2D eigenvalue weighted by atomic mass is 9.68. The van der Waals surface area contributed by atoms with E-state index in [1.807, 2.05) is 0 Å². The minimum Gasteiger partial charge on any atom is -0.388 e. The van der Waals surface area contributed by atoms with Gasteiger partial charge in [-0.3, -0.25) is 0 Å². The molecule has 3 aliphatic carbocycles. The predicted molar refractivity (Wildman–Crippen MR) is 52.2 cm³/mol. The zero-order valence-corrected chi connectivity index (χ0v) is 7.87. The van der Waals surface area contributed by atoms with Gasteiger partial charge in [-0.25, -0.2) is 0 Å². The molecule has 3 atom stereocenters. The first kappa shape index (κ1) is 7.81. The smallest absolute Gasteiger partial charge is 0.0787 e. The molecular formula is C12H16O. The highest BCUT2D eigenvalue weighted by Gasteiger charge is 2.37. The molecule has 0 aromatic rings. The Kier molecular flexibility index (Phi) is 1.63. The van der Waals surface area contributed by atoms with E-state index in [1.54, 1.807) is 0 Å². The first-order valence-corrected chi connectivity index (χ1v) is 5.44. The molecule has 1 saturated carbocycles. The third-order valence-electron chi connectivity index (χ3n) is 3.96. The van der Waals surface area contributed by atoms with Crippen LogP contribution in [0.15, 0.2) is 23.3 Å². The van der Waals surface area contributed by atoms with Crippen LogP contribution >= 0.6 is 0 Å². The highest BCUT2D eigenvalue weighted by atomic mass is 16.3. The van der Waals surface area contributed by atoms with E-state index in [1.165, 1.54) is 36.8 Å². The van der Waals surface area contributed by atoms with Crippen LogP contribution in [0.3, 0.4) is 0 Å². The predicted octanol–water partition coefficient (Wildman–Crippen LogP) is 2.42. The van der Waals surface area contributed by atoms with Crippen molar-refractivity contribution in [1.82, 2.24) is 0 Å². The molecule has 1 N–H and O–H groups in total. The molecule has 70 valence electrons. The quantitative estimate of drug-likeness (QED) is 0.601. The monoisotopic (exact) mass is 176 g/mol. The van der Waals surface area contributed by atoms with Crippen molar-refractivity contribution >= 4 is 0 Å². The van der Waals surface area contributed by atoms with Gasteiger partial charge in [0.15, 0.2) is 0 Å². The molecular weight excluding hydrogens is 160 g/mol. The van der Waals surface area contributed by atoms with Crippen LogP contribution in [-0.2, 0) is 0 Å². The fourth-order valence-corrected chi connectivity index (χ4v) is 3.31. The number of hydrogen-bond acceptors (Lipinski definition) is 1. The van der Waals surface area contributed by atoms with Crippen LogP contribution in [-0.4, -0.2) is 11.2 Å². The van der Waals surface area contributed by atoms with Crippen LogP contribution in [0.4, 0.5) is 0 Å². The number of rotatable bonds is 0. The first-order valence-electron chi connectivity index (χ1n) is 5.44. The molecule has 3 aliphatic rings. The Labute approximate surface area is 79.2 Å². The minimum atomic E-state index is -0.110. The maximum Gasteiger partial charge on any atom is 0.0787 e. The van der Waals surface area contributed by atoms with Crippen molar-refractivity contribution in [3.8, 4) is 0 Å². The summed E-state index contributed by atoms with van der Waals surface area (Å²) in [5.41, 5.74) is 2.84. The van der Waals surface area contributed by atoms with Crippen molar-refractivity contribution in [2.45, 2.75) is 38.2 Å².